The van der Waals surface area contributed by atoms with E-state index in [0.717, 1.165) is 22.8 Å². The van der Waals surface area contributed by atoms with Gasteiger partial charge < -0.3 is 4.90 Å². The van der Waals surface area contributed by atoms with Crippen LogP contribution in [0.25, 0.3) is 0 Å². The Labute approximate surface area is 112 Å². The van der Waals surface area contributed by atoms with Crippen LogP contribution in [0.2, 0.25) is 0 Å². The monoisotopic (exact) mass is 297 g/mol. The Morgan fingerprint density at radius 2 is 2.06 bits per heavy atom. The summed E-state index contributed by atoms with van der Waals surface area (Å²) in [6, 6.07) is 4.92. The summed E-state index contributed by atoms with van der Waals surface area (Å²) in [7, 11) is 4.35. The molecule has 0 aliphatic carbocycles. The van der Waals surface area contributed by atoms with Gasteiger partial charge in [-0.05, 0) is 55.0 Å². The number of halogens is 1. The Morgan fingerprint density at radius 3 is 2.59 bits per heavy atom. The van der Waals surface area contributed by atoms with Crippen molar-refractivity contribution in [2.45, 2.75) is 25.4 Å². The highest BCUT2D eigenvalue weighted by atomic mass is 79.9. The molecule has 1 saturated heterocycles. The summed E-state index contributed by atoms with van der Waals surface area (Å²) in [4.78, 5) is 9.27. The number of hydrogen-bond donors (Lipinski definition) is 0. The molecule has 4 heteroatoms. The average Bonchev–Trinajstić information content (AvgIpc) is 2.33. The maximum atomic E-state index is 4.43. The number of hydrogen-bond acceptors (Lipinski definition) is 3. The molecule has 0 saturated carbocycles. The molecule has 1 aliphatic rings. The maximum absolute atomic E-state index is 4.43. The maximum Gasteiger partial charge on any atom is 0.0544 e. The predicted octanol–water partition coefficient (Wildman–Crippen LogP) is 2.37. The first-order chi connectivity index (χ1) is 8.15. The van der Waals surface area contributed by atoms with Crippen molar-refractivity contribution in [3.05, 3.63) is 28.5 Å². The molecule has 0 unspecified atom stereocenters. The van der Waals surface area contributed by atoms with Crippen LogP contribution in [0.3, 0.4) is 0 Å². The number of piperidine rings is 1. The van der Waals surface area contributed by atoms with Gasteiger partial charge in [-0.3, -0.25) is 9.88 Å². The second kappa shape index (κ2) is 5.94. The van der Waals surface area contributed by atoms with Gasteiger partial charge in [0.15, 0.2) is 0 Å². The van der Waals surface area contributed by atoms with Crippen LogP contribution in [0.4, 0.5) is 0 Å². The van der Waals surface area contributed by atoms with Crippen LogP contribution in [0, 0.1) is 0 Å². The fraction of sp³-hybridized carbons (Fsp3) is 0.615. The Balaban J connectivity index is 1.84. The SMILES string of the molecule is CN(C)C1CCN(Cc2ccc(Br)cn2)CC1. The third kappa shape index (κ3) is 3.76. The summed E-state index contributed by atoms with van der Waals surface area (Å²) in [6.45, 7) is 3.34. The van der Waals surface area contributed by atoms with Crippen molar-refractivity contribution >= 4 is 15.9 Å². The van der Waals surface area contributed by atoms with E-state index in [-0.39, 0.29) is 0 Å². The van der Waals surface area contributed by atoms with Crippen LogP contribution in [0.5, 0.6) is 0 Å². The zero-order valence-electron chi connectivity index (χ0n) is 10.6. The lowest BCUT2D eigenvalue weighted by Crippen LogP contribution is -2.41. The molecule has 94 valence electrons. The van der Waals surface area contributed by atoms with Gasteiger partial charge in [-0.1, -0.05) is 0 Å². The van der Waals surface area contributed by atoms with Crippen LogP contribution in [0.15, 0.2) is 22.8 Å². The first-order valence-corrected chi connectivity index (χ1v) is 6.93. The molecule has 2 heterocycles. The molecule has 2 rings (SSSR count). The van der Waals surface area contributed by atoms with Crippen molar-refractivity contribution < 1.29 is 0 Å². The molecule has 1 aliphatic heterocycles. The van der Waals surface area contributed by atoms with E-state index < -0.39 is 0 Å². The van der Waals surface area contributed by atoms with E-state index >= 15 is 0 Å². The number of aromatic nitrogens is 1. The molecule has 0 spiro atoms. The minimum Gasteiger partial charge on any atom is -0.306 e. The number of pyridine rings is 1. The lowest BCUT2D eigenvalue weighted by atomic mass is 10.0. The standard InChI is InChI=1S/C13H20BrN3/c1-16(2)13-5-7-17(8-6-13)10-12-4-3-11(14)9-15-12/h3-4,9,13H,5-8,10H2,1-2H3. The molecule has 0 amide bonds. The van der Waals surface area contributed by atoms with Crippen molar-refractivity contribution in [3.8, 4) is 0 Å². The second-order valence-electron chi connectivity index (χ2n) is 4.94. The van der Waals surface area contributed by atoms with Gasteiger partial charge in [-0.2, -0.15) is 0 Å². The van der Waals surface area contributed by atoms with Gasteiger partial charge in [0.2, 0.25) is 0 Å². The van der Waals surface area contributed by atoms with Crippen LogP contribution in [-0.2, 0) is 6.54 Å². The molecule has 0 atom stereocenters. The van der Waals surface area contributed by atoms with Gasteiger partial charge in [-0.25, -0.2) is 0 Å². The number of nitrogens with zero attached hydrogens (tertiary/aromatic N) is 3. The van der Waals surface area contributed by atoms with Gasteiger partial charge >= 0.3 is 0 Å². The average molecular weight is 298 g/mol. The largest absolute Gasteiger partial charge is 0.306 e. The third-order valence-corrected chi connectivity index (χ3v) is 3.93. The summed E-state index contributed by atoms with van der Waals surface area (Å²) < 4.78 is 1.05. The fourth-order valence-corrected chi connectivity index (χ4v) is 2.56. The van der Waals surface area contributed by atoms with Crippen LogP contribution < -0.4 is 0 Å². The van der Waals surface area contributed by atoms with Gasteiger partial charge in [0.1, 0.15) is 0 Å². The first kappa shape index (κ1) is 13.0. The van der Waals surface area contributed by atoms with Crippen LogP contribution >= 0.6 is 15.9 Å². The molecular weight excluding hydrogens is 278 g/mol. The topological polar surface area (TPSA) is 19.4 Å². The Bertz CT molecular complexity index is 342. The lowest BCUT2D eigenvalue weighted by Gasteiger charge is -2.34. The van der Waals surface area contributed by atoms with Crippen molar-refractivity contribution in [1.29, 1.82) is 0 Å². The minimum atomic E-state index is 0.754. The van der Waals surface area contributed by atoms with Gasteiger partial charge in [0, 0.05) is 36.3 Å². The predicted molar refractivity (Wildman–Crippen MR) is 73.9 cm³/mol. The molecule has 1 aromatic rings. The second-order valence-corrected chi connectivity index (χ2v) is 5.85. The van der Waals surface area contributed by atoms with Crippen LogP contribution in [0.1, 0.15) is 18.5 Å². The van der Waals surface area contributed by atoms with E-state index in [1.165, 1.54) is 25.9 Å². The highest BCUT2D eigenvalue weighted by molar-refractivity contribution is 9.10. The summed E-state index contributed by atoms with van der Waals surface area (Å²) in [6.07, 6.45) is 4.41. The molecule has 3 nitrogen and oxygen atoms in total. The van der Waals surface area contributed by atoms with E-state index in [4.69, 9.17) is 0 Å². The van der Waals surface area contributed by atoms with Crippen molar-refractivity contribution in [2.24, 2.45) is 0 Å². The van der Waals surface area contributed by atoms with E-state index in [1.54, 1.807) is 0 Å². The fourth-order valence-electron chi connectivity index (χ4n) is 2.32. The summed E-state index contributed by atoms with van der Waals surface area (Å²) in [5.74, 6) is 0. The normalized spacial score (nSPS) is 18.8. The molecule has 0 N–H and O–H groups in total. The molecule has 0 radical (unpaired) electrons. The van der Waals surface area contributed by atoms with E-state index in [0.29, 0.717) is 0 Å². The molecule has 0 bridgehead atoms. The van der Waals surface area contributed by atoms with E-state index in [9.17, 15) is 0 Å². The highest BCUT2D eigenvalue weighted by Crippen LogP contribution is 2.16. The van der Waals surface area contributed by atoms with Crippen molar-refractivity contribution in [2.75, 3.05) is 27.2 Å². The number of likely N-dealkylation sites (tertiary alicyclic amines) is 1. The van der Waals surface area contributed by atoms with Gasteiger partial charge in [0.05, 0.1) is 5.69 Å². The minimum absolute atomic E-state index is 0.754. The Kier molecular flexibility index (Phi) is 4.54. The summed E-state index contributed by atoms with van der Waals surface area (Å²) in [5, 5.41) is 0. The Hall–Kier alpha value is -0.450. The quantitative estimate of drug-likeness (QED) is 0.854. The highest BCUT2D eigenvalue weighted by Gasteiger charge is 2.20. The molecule has 17 heavy (non-hydrogen) atoms. The van der Waals surface area contributed by atoms with Crippen molar-refractivity contribution in [1.82, 2.24) is 14.8 Å². The zero-order chi connectivity index (χ0) is 12.3. The molecule has 1 aromatic heterocycles. The van der Waals surface area contributed by atoms with E-state index in [2.05, 4.69) is 56.9 Å². The van der Waals surface area contributed by atoms with Crippen molar-refractivity contribution in [3.63, 3.8) is 0 Å². The van der Waals surface area contributed by atoms with Gasteiger partial charge in [0.25, 0.3) is 0 Å². The summed E-state index contributed by atoms with van der Waals surface area (Å²) in [5.41, 5.74) is 1.16. The first-order valence-electron chi connectivity index (χ1n) is 6.14. The molecular formula is C13H20BrN3. The van der Waals surface area contributed by atoms with Crippen LogP contribution in [-0.4, -0.2) is 48.0 Å². The van der Waals surface area contributed by atoms with Gasteiger partial charge in [-0.15, -0.1) is 0 Å². The molecule has 1 fully saturated rings. The smallest absolute Gasteiger partial charge is 0.0544 e. The molecule has 0 aromatic carbocycles. The van der Waals surface area contributed by atoms with E-state index in [1.807, 2.05) is 6.20 Å². The zero-order valence-corrected chi connectivity index (χ0v) is 12.2. The lowest BCUT2D eigenvalue weighted by molar-refractivity contribution is 0.139. The Morgan fingerprint density at radius 1 is 1.35 bits per heavy atom. The summed E-state index contributed by atoms with van der Waals surface area (Å²) >= 11 is 3.41. The number of rotatable bonds is 3. The third-order valence-electron chi connectivity index (χ3n) is 3.46.